The fourth-order valence-corrected chi connectivity index (χ4v) is 2.59. The molecule has 1 amide bonds. The number of nitrogens with two attached hydrogens (primary N) is 1. The van der Waals surface area contributed by atoms with Crippen molar-refractivity contribution in [3.05, 3.63) is 11.4 Å². The maximum absolute atomic E-state index is 12.3. The van der Waals surface area contributed by atoms with E-state index in [2.05, 4.69) is 22.2 Å². The first kappa shape index (κ1) is 13.9. The number of aryl methyl sites for hydroxylation is 2. The second kappa shape index (κ2) is 5.61. The molecule has 0 atom stereocenters. The summed E-state index contributed by atoms with van der Waals surface area (Å²) in [6.45, 7) is 7.14. The molecule has 19 heavy (non-hydrogen) atoms. The quantitative estimate of drug-likeness (QED) is 0.835. The van der Waals surface area contributed by atoms with Crippen molar-refractivity contribution in [2.75, 3.05) is 25.4 Å². The molecule has 0 unspecified atom stereocenters. The number of hydrogen-bond donors (Lipinski definition) is 2. The third kappa shape index (κ3) is 2.89. The van der Waals surface area contributed by atoms with E-state index in [-0.39, 0.29) is 11.9 Å². The minimum Gasteiger partial charge on any atom is -0.395 e. The molecular formula is C13H23N5O. The lowest BCUT2D eigenvalue weighted by Gasteiger charge is -2.31. The molecule has 2 rings (SSSR count). The van der Waals surface area contributed by atoms with E-state index in [1.807, 2.05) is 6.92 Å². The van der Waals surface area contributed by atoms with Crippen LogP contribution in [0.15, 0.2) is 0 Å². The van der Waals surface area contributed by atoms with Crippen molar-refractivity contribution in [3.63, 3.8) is 0 Å². The number of piperidine rings is 1. The molecule has 106 valence electrons. The van der Waals surface area contributed by atoms with Crippen LogP contribution in [0.1, 0.15) is 35.9 Å². The van der Waals surface area contributed by atoms with E-state index < -0.39 is 0 Å². The highest BCUT2D eigenvalue weighted by Gasteiger charge is 2.23. The zero-order valence-electron chi connectivity index (χ0n) is 11.9. The summed E-state index contributed by atoms with van der Waals surface area (Å²) in [6.07, 6.45) is 1.99. The highest BCUT2D eigenvalue weighted by molar-refractivity contribution is 5.98. The van der Waals surface area contributed by atoms with Crippen molar-refractivity contribution < 1.29 is 4.79 Å². The molecule has 1 aliphatic heterocycles. The van der Waals surface area contributed by atoms with Crippen molar-refractivity contribution in [2.24, 2.45) is 7.05 Å². The van der Waals surface area contributed by atoms with E-state index in [1.165, 1.54) is 0 Å². The topological polar surface area (TPSA) is 76.2 Å². The van der Waals surface area contributed by atoms with Crippen LogP contribution in [-0.2, 0) is 7.05 Å². The number of anilines is 1. The fraction of sp³-hybridized carbons (Fsp3) is 0.692. The highest BCUT2D eigenvalue weighted by atomic mass is 16.2. The van der Waals surface area contributed by atoms with E-state index in [1.54, 1.807) is 11.7 Å². The van der Waals surface area contributed by atoms with Gasteiger partial charge in [-0.25, -0.2) is 0 Å². The third-order valence-electron chi connectivity index (χ3n) is 3.85. The number of nitrogen functional groups attached to an aromatic ring is 1. The van der Waals surface area contributed by atoms with Gasteiger partial charge in [-0.2, -0.15) is 5.10 Å². The summed E-state index contributed by atoms with van der Waals surface area (Å²) in [6, 6.07) is 0.241. The van der Waals surface area contributed by atoms with Crippen LogP contribution >= 0.6 is 0 Å². The van der Waals surface area contributed by atoms with Crippen LogP contribution < -0.4 is 11.1 Å². The minimum absolute atomic E-state index is 0.115. The van der Waals surface area contributed by atoms with Crippen LogP contribution in [0.25, 0.3) is 0 Å². The predicted molar refractivity (Wildman–Crippen MR) is 75.0 cm³/mol. The van der Waals surface area contributed by atoms with Crippen LogP contribution in [0.4, 0.5) is 5.69 Å². The van der Waals surface area contributed by atoms with Gasteiger partial charge in [-0.3, -0.25) is 9.48 Å². The van der Waals surface area contributed by atoms with Gasteiger partial charge in [-0.1, -0.05) is 6.92 Å². The lowest BCUT2D eigenvalue weighted by atomic mass is 10.0. The van der Waals surface area contributed by atoms with Gasteiger partial charge in [0.05, 0.1) is 11.4 Å². The lowest BCUT2D eigenvalue weighted by molar-refractivity contribution is 0.0904. The van der Waals surface area contributed by atoms with E-state index >= 15 is 0 Å². The summed E-state index contributed by atoms with van der Waals surface area (Å²) >= 11 is 0. The van der Waals surface area contributed by atoms with Gasteiger partial charge in [0.1, 0.15) is 5.69 Å². The Morgan fingerprint density at radius 2 is 2.11 bits per heavy atom. The number of aromatic nitrogens is 2. The molecule has 0 aromatic carbocycles. The number of hydrogen-bond acceptors (Lipinski definition) is 4. The summed E-state index contributed by atoms with van der Waals surface area (Å²) in [7, 11) is 1.75. The number of amides is 1. The van der Waals surface area contributed by atoms with Crippen molar-refractivity contribution >= 4 is 11.6 Å². The van der Waals surface area contributed by atoms with Crippen molar-refractivity contribution in [1.82, 2.24) is 20.0 Å². The van der Waals surface area contributed by atoms with Crippen molar-refractivity contribution in [1.29, 1.82) is 0 Å². The monoisotopic (exact) mass is 265 g/mol. The Balaban J connectivity index is 1.98. The number of rotatable bonds is 3. The van der Waals surface area contributed by atoms with Crippen molar-refractivity contribution in [2.45, 2.75) is 32.7 Å². The van der Waals surface area contributed by atoms with Crippen LogP contribution in [0.5, 0.6) is 0 Å². The van der Waals surface area contributed by atoms with Gasteiger partial charge in [-0.05, 0) is 26.3 Å². The summed E-state index contributed by atoms with van der Waals surface area (Å²) in [4.78, 5) is 14.6. The van der Waals surface area contributed by atoms with Crippen LogP contribution in [0, 0.1) is 6.92 Å². The largest absolute Gasteiger partial charge is 0.395 e. The normalized spacial score (nSPS) is 17.6. The van der Waals surface area contributed by atoms with E-state index in [4.69, 9.17) is 5.73 Å². The summed E-state index contributed by atoms with van der Waals surface area (Å²) in [5.74, 6) is -0.115. The second-order valence-electron chi connectivity index (χ2n) is 5.15. The number of carbonyl (C=O) groups excluding carboxylic acids is 1. The van der Waals surface area contributed by atoms with Gasteiger partial charge >= 0.3 is 0 Å². The van der Waals surface area contributed by atoms with Gasteiger partial charge in [0, 0.05) is 26.2 Å². The van der Waals surface area contributed by atoms with Gasteiger partial charge in [0.2, 0.25) is 0 Å². The average molecular weight is 265 g/mol. The lowest BCUT2D eigenvalue weighted by Crippen LogP contribution is -2.45. The molecule has 2 heterocycles. The zero-order chi connectivity index (χ0) is 14.0. The molecule has 6 heteroatoms. The molecule has 1 aliphatic rings. The molecule has 0 saturated carbocycles. The van der Waals surface area contributed by atoms with Gasteiger partial charge in [0.15, 0.2) is 0 Å². The Kier molecular flexibility index (Phi) is 4.09. The van der Waals surface area contributed by atoms with Gasteiger partial charge in [-0.15, -0.1) is 0 Å². The van der Waals surface area contributed by atoms with Crippen LogP contribution in [0.2, 0.25) is 0 Å². The standard InChI is InChI=1S/C13H23N5O/c1-4-18-7-5-10(6-8-18)15-13(19)12-11(14)9(2)16-17(12)3/h10H,4-8,14H2,1-3H3,(H,15,19). The van der Waals surface area contributed by atoms with Gasteiger partial charge in [0.25, 0.3) is 5.91 Å². The Bertz CT molecular complexity index is 460. The fourth-order valence-electron chi connectivity index (χ4n) is 2.59. The molecule has 1 aromatic heterocycles. The van der Waals surface area contributed by atoms with E-state index in [0.29, 0.717) is 17.1 Å². The molecule has 0 radical (unpaired) electrons. The summed E-state index contributed by atoms with van der Waals surface area (Å²) < 4.78 is 1.56. The number of carbonyl (C=O) groups is 1. The Morgan fingerprint density at radius 3 is 2.58 bits per heavy atom. The molecule has 0 bridgehead atoms. The molecule has 3 N–H and O–H groups in total. The third-order valence-corrected chi connectivity index (χ3v) is 3.85. The molecule has 0 spiro atoms. The maximum Gasteiger partial charge on any atom is 0.271 e. The summed E-state index contributed by atoms with van der Waals surface area (Å²) in [5, 5.41) is 7.24. The zero-order valence-corrected chi connectivity index (χ0v) is 11.9. The SMILES string of the molecule is CCN1CCC(NC(=O)c2c(N)c(C)nn2C)CC1. The Morgan fingerprint density at radius 1 is 1.47 bits per heavy atom. The van der Waals surface area contributed by atoms with Crippen LogP contribution in [-0.4, -0.2) is 46.3 Å². The first-order valence-electron chi connectivity index (χ1n) is 6.85. The summed E-state index contributed by atoms with van der Waals surface area (Å²) in [5.41, 5.74) is 7.55. The number of nitrogens with zero attached hydrogens (tertiary/aromatic N) is 3. The van der Waals surface area contributed by atoms with Gasteiger partial charge < -0.3 is 16.0 Å². The number of nitrogens with one attached hydrogen (secondary N) is 1. The van der Waals surface area contributed by atoms with Crippen molar-refractivity contribution in [3.8, 4) is 0 Å². The Hall–Kier alpha value is -1.56. The predicted octanol–water partition coefficient (Wildman–Crippen LogP) is 0.525. The maximum atomic E-state index is 12.3. The molecule has 6 nitrogen and oxygen atoms in total. The highest BCUT2D eigenvalue weighted by Crippen LogP contribution is 2.16. The molecular weight excluding hydrogens is 242 g/mol. The smallest absolute Gasteiger partial charge is 0.271 e. The van der Waals surface area contributed by atoms with E-state index in [9.17, 15) is 4.79 Å². The molecule has 1 aromatic rings. The first-order valence-corrected chi connectivity index (χ1v) is 6.85. The molecule has 0 aliphatic carbocycles. The second-order valence-corrected chi connectivity index (χ2v) is 5.15. The average Bonchev–Trinajstić information content (AvgIpc) is 2.64. The molecule has 1 saturated heterocycles. The minimum atomic E-state index is -0.115. The molecule has 1 fully saturated rings. The Labute approximate surface area is 113 Å². The van der Waals surface area contributed by atoms with Crippen LogP contribution in [0.3, 0.4) is 0 Å². The van der Waals surface area contributed by atoms with E-state index in [0.717, 1.165) is 32.5 Å². The number of likely N-dealkylation sites (tertiary alicyclic amines) is 1. The first-order chi connectivity index (χ1) is 9.02.